The van der Waals surface area contributed by atoms with Gasteiger partial charge in [0.2, 0.25) is 0 Å². The summed E-state index contributed by atoms with van der Waals surface area (Å²) in [4.78, 5) is 2.48. The highest BCUT2D eigenvalue weighted by molar-refractivity contribution is 4.86. The van der Waals surface area contributed by atoms with Crippen molar-refractivity contribution in [3.05, 3.63) is 0 Å². The highest BCUT2D eigenvalue weighted by atomic mass is 15.2. The van der Waals surface area contributed by atoms with Crippen LogP contribution in [0.15, 0.2) is 0 Å². The lowest BCUT2D eigenvalue weighted by molar-refractivity contribution is 0.256. The molecule has 1 aliphatic carbocycles. The van der Waals surface area contributed by atoms with Crippen molar-refractivity contribution in [3.8, 4) is 0 Å². The van der Waals surface area contributed by atoms with Crippen molar-refractivity contribution in [2.24, 2.45) is 11.8 Å². The molecule has 0 aromatic carbocycles. The Morgan fingerprint density at radius 1 is 1.12 bits per heavy atom. The maximum atomic E-state index is 3.80. The Morgan fingerprint density at radius 3 is 2.29 bits per heavy atom. The maximum absolute atomic E-state index is 3.80. The van der Waals surface area contributed by atoms with Crippen LogP contribution in [0.1, 0.15) is 52.4 Å². The first-order chi connectivity index (χ1) is 8.19. The molecule has 2 nitrogen and oxygen atoms in total. The highest BCUT2D eigenvalue weighted by Crippen LogP contribution is 2.30. The first kappa shape index (κ1) is 13.4. The molecule has 2 aliphatic rings. The Bertz CT molecular complexity index is 211. The fourth-order valence-corrected chi connectivity index (χ4v) is 3.52. The molecular weight excluding hydrogens is 208 g/mol. The second kappa shape index (κ2) is 6.19. The van der Waals surface area contributed by atoms with E-state index >= 15 is 0 Å². The second-order valence-corrected chi connectivity index (χ2v) is 6.42. The van der Waals surface area contributed by atoms with Gasteiger partial charge in [-0.1, -0.05) is 26.2 Å². The molecule has 2 heteroatoms. The predicted molar refractivity (Wildman–Crippen MR) is 74.2 cm³/mol. The third-order valence-corrected chi connectivity index (χ3v) is 5.13. The molecule has 2 fully saturated rings. The van der Waals surface area contributed by atoms with Crippen molar-refractivity contribution in [1.82, 2.24) is 10.2 Å². The van der Waals surface area contributed by atoms with E-state index in [-0.39, 0.29) is 0 Å². The number of likely N-dealkylation sites (N-methyl/N-ethyl adjacent to an activating group) is 1. The molecular formula is C15H30N2. The van der Waals surface area contributed by atoms with Gasteiger partial charge in [0, 0.05) is 18.6 Å². The molecule has 2 unspecified atom stereocenters. The average Bonchev–Trinajstić information content (AvgIpc) is 2.67. The van der Waals surface area contributed by atoms with E-state index in [4.69, 9.17) is 0 Å². The molecule has 2 rings (SSSR count). The third kappa shape index (κ3) is 3.69. The summed E-state index contributed by atoms with van der Waals surface area (Å²) >= 11 is 0. The summed E-state index contributed by atoms with van der Waals surface area (Å²) in [7, 11) is 2.25. The zero-order valence-corrected chi connectivity index (χ0v) is 11.9. The summed E-state index contributed by atoms with van der Waals surface area (Å²) in [6, 6.07) is 1.52. The second-order valence-electron chi connectivity index (χ2n) is 6.42. The monoisotopic (exact) mass is 238 g/mol. The van der Waals surface area contributed by atoms with E-state index in [0.29, 0.717) is 0 Å². The number of rotatable bonds is 4. The normalized spacial score (nSPS) is 39.7. The van der Waals surface area contributed by atoms with E-state index in [0.717, 1.165) is 23.9 Å². The Kier molecular flexibility index (Phi) is 4.87. The molecule has 0 radical (unpaired) electrons. The summed E-state index contributed by atoms with van der Waals surface area (Å²) in [6.07, 6.45) is 8.60. The number of hydrogen-bond donors (Lipinski definition) is 1. The molecule has 0 spiro atoms. The van der Waals surface area contributed by atoms with Crippen LogP contribution >= 0.6 is 0 Å². The van der Waals surface area contributed by atoms with Crippen molar-refractivity contribution in [2.75, 3.05) is 20.1 Å². The minimum atomic E-state index is 0.749. The van der Waals surface area contributed by atoms with Gasteiger partial charge >= 0.3 is 0 Å². The minimum absolute atomic E-state index is 0.749. The number of likely N-dealkylation sites (tertiary alicyclic amines) is 1. The number of nitrogens with zero attached hydrogens (tertiary/aromatic N) is 1. The van der Waals surface area contributed by atoms with Crippen molar-refractivity contribution in [3.63, 3.8) is 0 Å². The molecule has 0 amide bonds. The van der Waals surface area contributed by atoms with Gasteiger partial charge in [0.1, 0.15) is 0 Å². The molecule has 2 atom stereocenters. The van der Waals surface area contributed by atoms with E-state index in [2.05, 4.69) is 31.1 Å². The molecule has 0 aromatic rings. The van der Waals surface area contributed by atoms with Crippen LogP contribution in [0.5, 0.6) is 0 Å². The number of nitrogens with one attached hydrogen (secondary N) is 1. The van der Waals surface area contributed by atoms with Crippen LogP contribution in [-0.4, -0.2) is 37.1 Å². The highest BCUT2D eigenvalue weighted by Gasteiger charge is 2.27. The van der Waals surface area contributed by atoms with Crippen LogP contribution in [-0.2, 0) is 0 Å². The molecule has 100 valence electrons. The summed E-state index contributed by atoms with van der Waals surface area (Å²) in [5.41, 5.74) is 0. The summed E-state index contributed by atoms with van der Waals surface area (Å²) < 4.78 is 0. The van der Waals surface area contributed by atoms with E-state index in [9.17, 15) is 0 Å². The van der Waals surface area contributed by atoms with Gasteiger partial charge in [-0.3, -0.25) is 0 Å². The molecule has 1 aliphatic heterocycles. The molecule has 1 heterocycles. The summed E-state index contributed by atoms with van der Waals surface area (Å²) in [6.45, 7) is 7.19. The van der Waals surface area contributed by atoms with Crippen LogP contribution in [0, 0.1) is 11.8 Å². The van der Waals surface area contributed by atoms with E-state index < -0.39 is 0 Å². The Balaban J connectivity index is 1.63. The lowest BCUT2D eigenvalue weighted by Gasteiger charge is -2.28. The van der Waals surface area contributed by atoms with Gasteiger partial charge in [-0.05, 0) is 51.6 Å². The quantitative estimate of drug-likeness (QED) is 0.810. The SMILES string of the molecule is CCC1CCC(CNC2CC(C)N(C)C2)CC1. The molecule has 1 N–H and O–H groups in total. The zero-order valence-electron chi connectivity index (χ0n) is 11.9. The first-order valence-electron chi connectivity index (χ1n) is 7.62. The van der Waals surface area contributed by atoms with Gasteiger partial charge in [-0.2, -0.15) is 0 Å². The van der Waals surface area contributed by atoms with Crippen molar-refractivity contribution in [1.29, 1.82) is 0 Å². The molecule has 17 heavy (non-hydrogen) atoms. The van der Waals surface area contributed by atoms with Crippen molar-refractivity contribution < 1.29 is 0 Å². The van der Waals surface area contributed by atoms with Gasteiger partial charge in [-0.15, -0.1) is 0 Å². The topological polar surface area (TPSA) is 15.3 Å². The standard InChI is InChI=1S/C15H30N2/c1-4-13-5-7-14(8-6-13)10-16-15-9-12(2)17(3)11-15/h12-16H,4-11H2,1-3H3. The Hall–Kier alpha value is -0.0800. The number of hydrogen-bond acceptors (Lipinski definition) is 2. The van der Waals surface area contributed by atoms with Crippen LogP contribution in [0.4, 0.5) is 0 Å². The predicted octanol–water partition coefficient (Wildman–Crippen LogP) is 2.89. The fourth-order valence-electron chi connectivity index (χ4n) is 3.52. The lowest BCUT2D eigenvalue weighted by atomic mass is 9.81. The smallest absolute Gasteiger partial charge is 0.0209 e. The van der Waals surface area contributed by atoms with Gasteiger partial charge in [0.25, 0.3) is 0 Å². The largest absolute Gasteiger partial charge is 0.312 e. The minimum Gasteiger partial charge on any atom is -0.312 e. The fraction of sp³-hybridized carbons (Fsp3) is 1.00. The van der Waals surface area contributed by atoms with E-state index in [1.165, 1.54) is 51.6 Å². The van der Waals surface area contributed by atoms with Gasteiger partial charge in [-0.25, -0.2) is 0 Å². The zero-order chi connectivity index (χ0) is 12.3. The summed E-state index contributed by atoms with van der Waals surface area (Å²) in [5.74, 6) is 1.99. The summed E-state index contributed by atoms with van der Waals surface area (Å²) in [5, 5.41) is 3.80. The first-order valence-corrected chi connectivity index (χ1v) is 7.62. The molecule has 0 aromatic heterocycles. The third-order valence-electron chi connectivity index (χ3n) is 5.13. The van der Waals surface area contributed by atoms with E-state index in [1.807, 2.05) is 0 Å². The Labute approximate surface area is 107 Å². The Morgan fingerprint density at radius 2 is 1.76 bits per heavy atom. The molecule has 1 saturated heterocycles. The van der Waals surface area contributed by atoms with Gasteiger partial charge < -0.3 is 10.2 Å². The lowest BCUT2D eigenvalue weighted by Crippen LogP contribution is -2.36. The maximum Gasteiger partial charge on any atom is 0.0209 e. The van der Waals surface area contributed by atoms with E-state index in [1.54, 1.807) is 0 Å². The van der Waals surface area contributed by atoms with Gasteiger partial charge in [0.15, 0.2) is 0 Å². The van der Waals surface area contributed by atoms with Crippen LogP contribution in [0.25, 0.3) is 0 Å². The van der Waals surface area contributed by atoms with Gasteiger partial charge in [0.05, 0.1) is 0 Å². The van der Waals surface area contributed by atoms with Crippen LogP contribution in [0.3, 0.4) is 0 Å². The van der Waals surface area contributed by atoms with Crippen molar-refractivity contribution >= 4 is 0 Å². The van der Waals surface area contributed by atoms with Crippen LogP contribution in [0.2, 0.25) is 0 Å². The van der Waals surface area contributed by atoms with Crippen LogP contribution < -0.4 is 5.32 Å². The molecule has 0 bridgehead atoms. The molecule has 1 saturated carbocycles. The van der Waals surface area contributed by atoms with Crippen molar-refractivity contribution in [2.45, 2.75) is 64.5 Å². The average molecular weight is 238 g/mol.